The predicted octanol–water partition coefficient (Wildman–Crippen LogP) is 3.96. The van der Waals surface area contributed by atoms with Crippen molar-refractivity contribution in [2.45, 2.75) is 50.5 Å². The van der Waals surface area contributed by atoms with Crippen LogP contribution in [0.3, 0.4) is 0 Å². The van der Waals surface area contributed by atoms with Crippen molar-refractivity contribution in [1.29, 1.82) is 5.41 Å². The molecule has 1 aliphatic carbocycles. The molecule has 1 saturated heterocycles. The minimum absolute atomic E-state index is 0.170. The number of hydrogen-bond donors (Lipinski definition) is 4. The van der Waals surface area contributed by atoms with E-state index >= 15 is 0 Å². The third-order valence-corrected chi connectivity index (χ3v) is 8.09. The molecular formula is C32H37N7O3. The van der Waals surface area contributed by atoms with Crippen LogP contribution in [0.25, 0.3) is 0 Å². The van der Waals surface area contributed by atoms with E-state index in [-0.39, 0.29) is 11.8 Å². The van der Waals surface area contributed by atoms with Crippen LogP contribution in [0.1, 0.15) is 60.4 Å². The van der Waals surface area contributed by atoms with Gasteiger partial charge >= 0.3 is 0 Å². The number of anilines is 2. The molecule has 2 aliphatic heterocycles. The molecule has 10 nitrogen and oxygen atoms in total. The van der Waals surface area contributed by atoms with E-state index in [2.05, 4.69) is 21.6 Å². The lowest BCUT2D eigenvalue weighted by Gasteiger charge is -2.31. The molecule has 2 aromatic carbocycles. The number of hydrogen-bond acceptors (Lipinski definition) is 9. The molecule has 3 aromatic rings. The maximum Gasteiger partial charge on any atom is 0.264 e. The van der Waals surface area contributed by atoms with Gasteiger partial charge in [-0.25, -0.2) is 10.3 Å². The molecule has 2 fully saturated rings. The van der Waals surface area contributed by atoms with E-state index in [1.54, 1.807) is 0 Å². The van der Waals surface area contributed by atoms with Gasteiger partial charge in [0.2, 0.25) is 12.2 Å². The number of ether oxygens (including phenoxy) is 2. The molecule has 0 bridgehead atoms. The van der Waals surface area contributed by atoms with Gasteiger partial charge in [0.05, 0.1) is 30.3 Å². The molecular weight excluding hydrogens is 530 g/mol. The normalized spacial score (nSPS) is 20.1. The number of amides is 1. The van der Waals surface area contributed by atoms with Gasteiger partial charge in [-0.15, -0.1) is 0 Å². The Kier molecular flexibility index (Phi) is 8.55. The Labute approximate surface area is 245 Å². The molecule has 3 aliphatic rings. The van der Waals surface area contributed by atoms with Crippen molar-refractivity contribution in [2.75, 3.05) is 36.5 Å². The molecule has 0 spiro atoms. The van der Waals surface area contributed by atoms with E-state index < -0.39 is 12.5 Å². The third-order valence-electron chi connectivity index (χ3n) is 8.09. The summed E-state index contributed by atoms with van der Waals surface area (Å²) in [4.78, 5) is 24.9. The molecule has 1 amide bonds. The fraction of sp³-hybridized carbons (Fsp3) is 0.375. The lowest BCUT2D eigenvalue weighted by molar-refractivity contribution is -0.118. The number of carbonyl (C=O) groups is 1. The van der Waals surface area contributed by atoms with E-state index in [1.165, 1.54) is 24.8 Å². The van der Waals surface area contributed by atoms with Crippen molar-refractivity contribution in [3.05, 3.63) is 89.2 Å². The molecule has 218 valence electrons. The Bertz CT molecular complexity index is 1450. The lowest BCUT2D eigenvalue weighted by atomic mass is 9.84. The number of nitrogens with zero attached hydrogens (tertiary/aromatic N) is 3. The number of nitrogens with two attached hydrogens (primary N) is 1. The van der Waals surface area contributed by atoms with Gasteiger partial charge in [0.1, 0.15) is 5.69 Å². The molecule has 2 unspecified atom stereocenters. The molecule has 6 rings (SSSR count). The van der Waals surface area contributed by atoms with Gasteiger partial charge in [-0.3, -0.25) is 20.9 Å². The first-order valence-electron chi connectivity index (χ1n) is 14.7. The number of pyridine rings is 1. The molecule has 3 heterocycles. The standard InChI is InChI=1S/C32H37N7O3/c33-29(28-26(39-15-17-41-18-16-39)19-23(20-35-28)21-9-3-1-4-10-21)42-32(34)38-30-31(40)36-25-14-8-7-13-24(25)27(37-30)22-11-5-2-6-12-22/h2,5-8,11-14,19-21,30,32-33,38H,1,3-4,9-10,15-18,34H2,(H,36,40). The van der Waals surface area contributed by atoms with Crippen LogP contribution in [0.15, 0.2) is 71.9 Å². The first kappa shape index (κ1) is 28.0. The third kappa shape index (κ3) is 6.20. The number of morpholine rings is 1. The van der Waals surface area contributed by atoms with Crippen LogP contribution in [0.2, 0.25) is 0 Å². The van der Waals surface area contributed by atoms with Gasteiger partial charge in [-0.1, -0.05) is 67.8 Å². The topological polar surface area (TPSA) is 138 Å². The van der Waals surface area contributed by atoms with E-state index in [0.717, 1.165) is 29.7 Å². The average molecular weight is 568 g/mol. The van der Waals surface area contributed by atoms with E-state index in [1.807, 2.05) is 60.8 Å². The van der Waals surface area contributed by atoms with Crippen LogP contribution in [0.4, 0.5) is 11.4 Å². The highest BCUT2D eigenvalue weighted by Crippen LogP contribution is 2.35. The van der Waals surface area contributed by atoms with E-state index in [4.69, 9.17) is 30.6 Å². The SMILES string of the molecule is N=C(OC(N)NC1N=C(c2ccccc2)c2ccccc2NC1=O)c1ncc(C2CCCCC2)cc1N1CCOCC1. The Morgan fingerprint density at radius 2 is 1.81 bits per heavy atom. The average Bonchev–Trinajstić information content (AvgIpc) is 3.17. The van der Waals surface area contributed by atoms with Crippen molar-refractivity contribution in [3.63, 3.8) is 0 Å². The highest BCUT2D eigenvalue weighted by atomic mass is 16.5. The molecule has 1 aromatic heterocycles. The fourth-order valence-corrected chi connectivity index (χ4v) is 5.92. The van der Waals surface area contributed by atoms with Gasteiger partial charge in [-0.05, 0) is 36.5 Å². The van der Waals surface area contributed by atoms with Crippen molar-refractivity contribution in [2.24, 2.45) is 10.7 Å². The molecule has 1 saturated carbocycles. The molecule has 0 radical (unpaired) electrons. The zero-order chi connectivity index (χ0) is 28.9. The molecule has 42 heavy (non-hydrogen) atoms. The first-order chi connectivity index (χ1) is 20.6. The molecule has 5 N–H and O–H groups in total. The molecule has 2 atom stereocenters. The van der Waals surface area contributed by atoms with Crippen LogP contribution in [0, 0.1) is 5.41 Å². The second-order valence-corrected chi connectivity index (χ2v) is 10.9. The first-order valence-corrected chi connectivity index (χ1v) is 14.7. The number of aromatic nitrogens is 1. The lowest BCUT2D eigenvalue weighted by Crippen LogP contribution is -2.51. The number of nitrogens with one attached hydrogen (secondary N) is 3. The monoisotopic (exact) mass is 567 g/mol. The summed E-state index contributed by atoms with van der Waals surface area (Å²) in [6.45, 7) is 2.65. The zero-order valence-electron chi connectivity index (χ0n) is 23.6. The Hall–Kier alpha value is -4.12. The second-order valence-electron chi connectivity index (χ2n) is 10.9. The Balaban J connectivity index is 1.23. The Morgan fingerprint density at radius 1 is 1.07 bits per heavy atom. The van der Waals surface area contributed by atoms with Gasteiger partial charge < -0.3 is 19.7 Å². The number of fused-ring (bicyclic) bond motifs is 1. The zero-order valence-corrected chi connectivity index (χ0v) is 23.6. The molecule has 10 heteroatoms. The van der Waals surface area contributed by atoms with Crippen molar-refractivity contribution < 1.29 is 14.3 Å². The summed E-state index contributed by atoms with van der Waals surface area (Å²) in [5.41, 5.74) is 11.8. The number of benzodiazepines with no additional fused rings is 1. The van der Waals surface area contributed by atoms with E-state index in [9.17, 15) is 4.79 Å². The van der Waals surface area contributed by atoms with Crippen molar-refractivity contribution in [3.8, 4) is 0 Å². The summed E-state index contributed by atoms with van der Waals surface area (Å²) in [5, 5.41) is 14.7. The fourth-order valence-electron chi connectivity index (χ4n) is 5.92. The summed E-state index contributed by atoms with van der Waals surface area (Å²) in [6, 6.07) is 19.4. The van der Waals surface area contributed by atoms with E-state index in [0.29, 0.717) is 49.3 Å². The maximum absolute atomic E-state index is 13.2. The number of para-hydroxylation sites is 1. The second kappa shape index (κ2) is 12.8. The summed E-state index contributed by atoms with van der Waals surface area (Å²) in [5.74, 6) is -0.0622. The van der Waals surface area contributed by atoms with Crippen LogP contribution in [-0.2, 0) is 14.3 Å². The van der Waals surface area contributed by atoms with Crippen LogP contribution >= 0.6 is 0 Å². The summed E-state index contributed by atoms with van der Waals surface area (Å²) in [7, 11) is 0. The number of aliphatic imine (C=N–C) groups is 1. The summed E-state index contributed by atoms with van der Waals surface area (Å²) in [6.07, 6.45) is 5.70. The van der Waals surface area contributed by atoms with Gasteiger partial charge in [0, 0.05) is 30.4 Å². The highest BCUT2D eigenvalue weighted by Gasteiger charge is 2.29. The number of rotatable bonds is 7. The Morgan fingerprint density at radius 3 is 2.60 bits per heavy atom. The predicted molar refractivity (Wildman–Crippen MR) is 163 cm³/mol. The number of carbonyl (C=O) groups excluding carboxylic acids is 1. The number of benzene rings is 2. The van der Waals surface area contributed by atoms with Crippen molar-refractivity contribution >= 4 is 28.9 Å². The van der Waals surface area contributed by atoms with Crippen LogP contribution in [-0.4, -0.2) is 61.3 Å². The van der Waals surface area contributed by atoms with Gasteiger partial charge in [0.25, 0.3) is 5.91 Å². The maximum atomic E-state index is 13.2. The quantitative estimate of drug-likeness (QED) is 0.193. The van der Waals surface area contributed by atoms with Crippen LogP contribution < -0.4 is 21.3 Å². The smallest absolute Gasteiger partial charge is 0.264 e. The van der Waals surface area contributed by atoms with Gasteiger partial charge in [-0.2, -0.15) is 0 Å². The summed E-state index contributed by atoms with van der Waals surface area (Å²) >= 11 is 0. The minimum atomic E-state index is -1.19. The summed E-state index contributed by atoms with van der Waals surface area (Å²) < 4.78 is 11.4. The minimum Gasteiger partial charge on any atom is -0.444 e. The largest absolute Gasteiger partial charge is 0.444 e. The van der Waals surface area contributed by atoms with Crippen LogP contribution in [0.5, 0.6) is 0 Å². The highest BCUT2D eigenvalue weighted by molar-refractivity contribution is 6.19. The van der Waals surface area contributed by atoms with Crippen molar-refractivity contribution in [1.82, 2.24) is 10.3 Å². The van der Waals surface area contributed by atoms with Gasteiger partial charge in [0.15, 0.2) is 6.17 Å².